The van der Waals surface area contributed by atoms with Crippen molar-refractivity contribution in [1.29, 1.82) is 0 Å². The molecule has 0 spiro atoms. The molecule has 35 heavy (non-hydrogen) atoms. The molecule has 4 rings (SSSR count). The Morgan fingerprint density at radius 1 is 0.914 bits per heavy atom. The lowest BCUT2D eigenvalue weighted by Gasteiger charge is -2.17. The molecule has 1 N–H and O–H groups in total. The number of nitrogens with zero attached hydrogens (tertiary/aromatic N) is 1. The quantitative estimate of drug-likeness (QED) is 0.236. The Hall–Kier alpha value is -3.61. The lowest BCUT2D eigenvalue weighted by atomic mass is 10.0. The molecule has 0 saturated heterocycles. The van der Waals surface area contributed by atoms with Crippen molar-refractivity contribution in [3.8, 4) is 5.75 Å². The average Bonchev–Trinajstić information content (AvgIpc) is 3.03. The van der Waals surface area contributed by atoms with Gasteiger partial charge in [0.25, 0.3) is 11.8 Å². The maximum atomic E-state index is 13.0. The molecule has 2 amide bonds. The molecular weight excluding hydrogens is 487 g/mol. The monoisotopic (exact) mass is 508 g/mol. The van der Waals surface area contributed by atoms with Crippen LogP contribution < -0.4 is 15.0 Å². The fraction of sp³-hybridized carbons (Fsp3) is 0.148. The second-order valence-electron chi connectivity index (χ2n) is 8.38. The molecule has 1 heterocycles. The third-order valence-corrected chi connectivity index (χ3v) is 6.16. The van der Waals surface area contributed by atoms with Crippen molar-refractivity contribution in [3.05, 3.63) is 99.2 Å². The van der Waals surface area contributed by atoms with Crippen LogP contribution in [0.2, 0.25) is 5.02 Å². The first kappa shape index (κ1) is 24.5. The number of nitrogens with one attached hydrogen (secondary N) is 1. The van der Waals surface area contributed by atoms with Crippen LogP contribution in [-0.2, 0) is 9.59 Å². The van der Waals surface area contributed by atoms with Crippen molar-refractivity contribution < 1.29 is 19.1 Å². The second-order valence-corrected chi connectivity index (χ2v) is 9.20. The molecule has 0 aromatic heterocycles. The van der Waals surface area contributed by atoms with Crippen LogP contribution in [0, 0.1) is 6.92 Å². The highest BCUT2D eigenvalue weighted by atomic mass is 35.5. The maximum Gasteiger partial charge on any atom is 0.343 e. The molecule has 0 bridgehead atoms. The minimum absolute atomic E-state index is 0.0495. The molecule has 0 atom stereocenters. The summed E-state index contributed by atoms with van der Waals surface area (Å²) in [5, 5.41) is 3.16. The van der Waals surface area contributed by atoms with E-state index in [1.165, 1.54) is 0 Å². The minimum atomic E-state index is -0.631. The summed E-state index contributed by atoms with van der Waals surface area (Å²) in [4.78, 5) is 39.2. The molecular formula is C27H22Cl2N2O4. The van der Waals surface area contributed by atoms with Gasteiger partial charge in [0.2, 0.25) is 0 Å². The van der Waals surface area contributed by atoms with E-state index in [0.29, 0.717) is 39.2 Å². The molecule has 0 aliphatic carbocycles. The Labute approximate surface area is 213 Å². The molecule has 3 aromatic rings. The van der Waals surface area contributed by atoms with Gasteiger partial charge in [-0.05, 0) is 78.6 Å². The van der Waals surface area contributed by atoms with Crippen molar-refractivity contribution >= 4 is 52.4 Å². The van der Waals surface area contributed by atoms with Crippen LogP contribution in [0.25, 0.3) is 0 Å². The van der Waals surface area contributed by atoms with Crippen LogP contribution in [0.4, 0.5) is 11.4 Å². The third-order valence-electron chi connectivity index (χ3n) is 5.57. The van der Waals surface area contributed by atoms with Crippen molar-refractivity contribution in [2.75, 3.05) is 10.2 Å². The van der Waals surface area contributed by atoms with E-state index in [2.05, 4.69) is 19.2 Å². The SMILES string of the molecule is Cc1cc(Cl)ccc1N1C(=O)C(Cl)=C(Nc2ccc(C(=O)Oc3ccc(C(C)C)cc3)cc2)C1=O. The van der Waals surface area contributed by atoms with Crippen molar-refractivity contribution in [1.82, 2.24) is 0 Å². The van der Waals surface area contributed by atoms with Gasteiger partial charge in [0, 0.05) is 10.7 Å². The molecule has 178 valence electrons. The fourth-order valence-electron chi connectivity index (χ4n) is 3.62. The molecule has 3 aromatic carbocycles. The molecule has 0 radical (unpaired) electrons. The highest BCUT2D eigenvalue weighted by Crippen LogP contribution is 2.33. The van der Waals surface area contributed by atoms with E-state index < -0.39 is 17.8 Å². The summed E-state index contributed by atoms with van der Waals surface area (Å²) < 4.78 is 5.43. The lowest BCUT2D eigenvalue weighted by Crippen LogP contribution is -2.32. The lowest BCUT2D eigenvalue weighted by molar-refractivity contribution is -0.120. The highest BCUT2D eigenvalue weighted by Gasteiger charge is 2.39. The van der Waals surface area contributed by atoms with E-state index >= 15 is 0 Å². The Bertz CT molecular complexity index is 1350. The Morgan fingerprint density at radius 2 is 1.57 bits per heavy atom. The van der Waals surface area contributed by atoms with Gasteiger partial charge in [-0.25, -0.2) is 9.69 Å². The van der Waals surface area contributed by atoms with E-state index in [9.17, 15) is 14.4 Å². The Morgan fingerprint density at radius 3 is 2.17 bits per heavy atom. The minimum Gasteiger partial charge on any atom is -0.423 e. The van der Waals surface area contributed by atoms with Gasteiger partial charge in [-0.3, -0.25) is 9.59 Å². The number of amides is 2. The summed E-state index contributed by atoms with van der Waals surface area (Å²) in [5.74, 6) is -0.895. The predicted molar refractivity (Wildman–Crippen MR) is 137 cm³/mol. The van der Waals surface area contributed by atoms with Crippen LogP contribution in [0.3, 0.4) is 0 Å². The van der Waals surface area contributed by atoms with Crippen LogP contribution in [0.5, 0.6) is 5.75 Å². The number of carbonyl (C=O) groups excluding carboxylic acids is 3. The number of imide groups is 1. The highest BCUT2D eigenvalue weighted by molar-refractivity contribution is 6.53. The Balaban J connectivity index is 1.46. The van der Waals surface area contributed by atoms with Crippen molar-refractivity contribution in [3.63, 3.8) is 0 Å². The van der Waals surface area contributed by atoms with Crippen LogP contribution in [-0.4, -0.2) is 17.8 Å². The van der Waals surface area contributed by atoms with Gasteiger partial charge in [0.1, 0.15) is 16.5 Å². The van der Waals surface area contributed by atoms with Crippen molar-refractivity contribution in [2.45, 2.75) is 26.7 Å². The largest absolute Gasteiger partial charge is 0.423 e. The van der Waals surface area contributed by atoms with E-state index in [1.807, 2.05) is 12.1 Å². The summed E-state index contributed by atoms with van der Waals surface area (Å²) in [6.45, 7) is 5.92. The van der Waals surface area contributed by atoms with E-state index in [0.717, 1.165) is 10.5 Å². The average molecular weight is 509 g/mol. The summed E-state index contributed by atoms with van der Waals surface area (Å²) in [6, 6.07) is 18.5. The molecule has 0 fully saturated rings. The first-order valence-corrected chi connectivity index (χ1v) is 11.6. The van der Waals surface area contributed by atoms with Gasteiger partial charge < -0.3 is 10.1 Å². The van der Waals surface area contributed by atoms with Gasteiger partial charge in [0.05, 0.1) is 11.3 Å². The number of hydrogen-bond donors (Lipinski definition) is 1. The molecule has 6 nitrogen and oxygen atoms in total. The van der Waals surface area contributed by atoms with Crippen LogP contribution in [0.1, 0.15) is 41.3 Å². The first-order valence-electron chi connectivity index (χ1n) is 10.9. The van der Waals surface area contributed by atoms with E-state index in [-0.39, 0.29) is 10.7 Å². The number of aryl methyl sites for hydroxylation is 1. The number of rotatable bonds is 6. The van der Waals surface area contributed by atoms with Gasteiger partial charge in [-0.15, -0.1) is 0 Å². The number of hydrogen-bond acceptors (Lipinski definition) is 5. The zero-order valence-corrected chi connectivity index (χ0v) is 20.8. The summed E-state index contributed by atoms with van der Waals surface area (Å²) in [5.41, 5.74) is 2.97. The summed E-state index contributed by atoms with van der Waals surface area (Å²) >= 11 is 12.2. The maximum absolute atomic E-state index is 13.0. The number of esters is 1. The van der Waals surface area contributed by atoms with Crippen LogP contribution >= 0.6 is 23.2 Å². The van der Waals surface area contributed by atoms with E-state index in [1.54, 1.807) is 61.5 Å². The van der Waals surface area contributed by atoms with Gasteiger partial charge in [-0.2, -0.15) is 0 Å². The smallest absolute Gasteiger partial charge is 0.343 e. The summed E-state index contributed by atoms with van der Waals surface area (Å²) in [7, 11) is 0. The zero-order valence-electron chi connectivity index (χ0n) is 19.3. The van der Waals surface area contributed by atoms with E-state index in [4.69, 9.17) is 27.9 Å². The first-order chi connectivity index (χ1) is 16.7. The molecule has 0 saturated carbocycles. The van der Waals surface area contributed by atoms with Gasteiger partial charge in [-0.1, -0.05) is 49.2 Å². The predicted octanol–water partition coefficient (Wildman–Crippen LogP) is 6.43. The third kappa shape index (κ3) is 5.09. The molecule has 0 unspecified atom stereocenters. The number of ether oxygens (including phenoxy) is 1. The number of halogens is 2. The summed E-state index contributed by atoms with van der Waals surface area (Å²) in [6.07, 6.45) is 0. The van der Waals surface area contributed by atoms with Crippen LogP contribution in [0.15, 0.2) is 77.5 Å². The van der Waals surface area contributed by atoms with Crippen molar-refractivity contribution in [2.24, 2.45) is 0 Å². The van der Waals surface area contributed by atoms with Gasteiger partial charge >= 0.3 is 5.97 Å². The zero-order chi connectivity index (χ0) is 25.3. The molecule has 1 aliphatic heterocycles. The molecule has 1 aliphatic rings. The Kier molecular flexibility index (Phi) is 6.96. The normalized spacial score (nSPS) is 13.6. The number of carbonyl (C=O) groups is 3. The van der Waals surface area contributed by atoms with Gasteiger partial charge in [0.15, 0.2) is 0 Å². The second kappa shape index (κ2) is 9.94. The standard InChI is InChI=1S/C27H22Cl2N2O4/c1-15(2)17-6-11-21(12-7-17)35-27(34)18-4-9-20(10-5-18)30-24-23(29)25(32)31(26(24)33)22-13-8-19(28)14-16(22)3/h4-15,30H,1-3H3. The fourth-order valence-corrected chi connectivity index (χ4v) is 4.06. The molecule has 8 heteroatoms. The topological polar surface area (TPSA) is 75.7 Å². The number of benzene rings is 3. The number of anilines is 2.